The van der Waals surface area contributed by atoms with E-state index in [0.717, 1.165) is 30.8 Å². The molecular weight excluding hydrogens is 300 g/mol. The van der Waals surface area contributed by atoms with Gasteiger partial charge in [-0.2, -0.15) is 5.10 Å². The summed E-state index contributed by atoms with van der Waals surface area (Å²) in [7, 11) is 1.90. The highest BCUT2D eigenvalue weighted by Crippen LogP contribution is 2.21. The van der Waals surface area contributed by atoms with Crippen LogP contribution in [0.2, 0.25) is 0 Å². The largest absolute Gasteiger partial charge is 0.348 e. The second-order valence-corrected chi connectivity index (χ2v) is 6.74. The normalized spacial score (nSPS) is 17.2. The lowest BCUT2D eigenvalue weighted by Gasteiger charge is -2.33. The van der Waals surface area contributed by atoms with Crippen molar-refractivity contribution in [2.75, 3.05) is 6.54 Å². The third-order valence-electron chi connectivity index (χ3n) is 4.96. The Labute approximate surface area is 143 Å². The molecule has 0 aliphatic carbocycles. The van der Waals surface area contributed by atoms with Crippen LogP contribution in [0, 0.1) is 6.92 Å². The summed E-state index contributed by atoms with van der Waals surface area (Å²) < 4.78 is 1.79. The van der Waals surface area contributed by atoms with Gasteiger partial charge in [0.2, 0.25) is 5.91 Å². The second-order valence-electron chi connectivity index (χ2n) is 6.74. The van der Waals surface area contributed by atoms with Crippen LogP contribution in [0.15, 0.2) is 30.5 Å². The van der Waals surface area contributed by atoms with Crippen LogP contribution in [-0.4, -0.2) is 33.2 Å². The third-order valence-corrected chi connectivity index (χ3v) is 4.96. The zero-order valence-corrected chi connectivity index (χ0v) is 14.9. The van der Waals surface area contributed by atoms with Gasteiger partial charge in [-0.3, -0.25) is 14.4 Å². The number of hydrogen-bond donors (Lipinski definition) is 1. The van der Waals surface area contributed by atoms with E-state index in [4.69, 9.17) is 0 Å². The molecule has 1 N–H and O–H groups in total. The lowest BCUT2D eigenvalue weighted by atomic mass is 9.98. The summed E-state index contributed by atoms with van der Waals surface area (Å²) in [4.78, 5) is 14.9. The van der Waals surface area contributed by atoms with Crippen LogP contribution in [0.25, 0.3) is 0 Å². The van der Waals surface area contributed by atoms with E-state index in [1.807, 2.05) is 34.0 Å². The Bertz CT molecular complexity index is 737. The number of carbonyl (C=O) groups is 1. The fraction of sp³-hybridized carbons (Fsp3) is 0.474. The van der Waals surface area contributed by atoms with Gasteiger partial charge in [-0.1, -0.05) is 24.3 Å². The average molecular weight is 326 g/mol. The number of nitrogens with zero attached hydrogens (tertiary/aromatic N) is 3. The van der Waals surface area contributed by atoms with E-state index in [2.05, 4.69) is 39.6 Å². The molecule has 0 radical (unpaired) electrons. The van der Waals surface area contributed by atoms with Crippen LogP contribution in [-0.2, 0) is 24.8 Å². The van der Waals surface area contributed by atoms with Crippen molar-refractivity contribution in [3.05, 3.63) is 52.8 Å². The van der Waals surface area contributed by atoms with Gasteiger partial charge >= 0.3 is 0 Å². The molecule has 0 spiro atoms. The molecule has 24 heavy (non-hydrogen) atoms. The van der Waals surface area contributed by atoms with Crippen molar-refractivity contribution in [3.63, 3.8) is 0 Å². The van der Waals surface area contributed by atoms with Crippen molar-refractivity contribution < 1.29 is 4.79 Å². The summed E-state index contributed by atoms with van der Waals surface area (Å²) in [5.41, 5.74) is 4.77. The highest BCUT2D eigenvalue weighted by Gasteiger charge is 2.26. The number of aryl methyl sites for hydroxylation is 2. The highest BCUT2D eigenvalue weighted by molar-refractivity contribution is 5.81. The van der Waals surface area contributed by atoms with E-state index in [9.17, 15) is 4.79 Å². The first-order valence-corrected chi connectivity index (χ1v) is 8.57. The number of benzene rings is 1. The van der Waals surface area contributed by atoms with Gasteiger partial charge in [0.25, 0.3) is 0 Å². The van der Waals surface area contributed by atoms with Gasteiger partial charge in [0.1, 0.15) is 0 Å². The second kappa shape index (κ2) is 6.77. The van der Waals surface area contributed by atoms with Crippen LogP contribution in [0.4, 0.5) is 0 Å². The lowest BCUT2D eigenvalue weighted by Crippen LogP contribution is -2.47. The molecule has 1 aliphatic heterocycles. The molecule has 128 valence electrons. The molecule has 1 aromatic carbocycles. The summed E-state index contributed by atoms with van der Waals surface area (Å²) in [6.07, 6.45) is 2.98. The van der Waals surface area contributed by atoms with E-state index in [1.165, 1.54) is 11.1 Å². The monoisotopic (exact) mass is 326 g/mol. The predicted molar refractivity (Wildman–Crippen MR) is 94.5 cm³/mol. The fourth-order valence-corrected chi connectivity index (χ4v) is 3.47. The molecule has 2 atom stereocenters. The first-order chi connectivity index (χ1) is 11.5. The van der Waals surface area contributed by atoms with E-state index in [1.54, 1.807) is 4.68 Å². The van der Waals surface area contributed by atoms with Gasteiger partial charge in [0, 0.05) is 31.9 Å². The summed E-state index contributed by atoms with van der Waals surface area (Å²) >= 11 is 0. The fourth-order valence-electron chi connectivity index (χ4n) is 3.47. The molecule has 5 heteroatoms. The lowest BCUT2D eigenvalue weighted by molar-refractivity contribution is -0.126. The maximum absolute atomic E-state index is 12.7. The van der Waals surface area contributed by atoms with Crippen LogP contribution in [0.5, 0.6) is 0 Å². The molecular formula is C19H26N4O. The maximum atomic E-state index is 12.7. The maximum Gasteiger partial charge on any atom is 0.237 e. The van der Waals surface area contributed by atoms with Gasteiger partial charge in [-0.25, -0.2) is 0 Å². The molecule has 0 saturated carbocycles. The number of hydrogen-bond acceptors (Lipinski definition) is 3. The van der Waals surface area contributed by atoms with Crippen molar-refractivity contribution in [1.82, 2.24) is 20.0 Å². The Morgan fingerprint density at radius 2 is 1.96 bits per heavy atom. The highest BCUT2D eigenvalue weighted by atomic mass is 16.2. The van der Waals surface area contributed by atoms with Crippen molar-refractivity contribution in [3.8, 4) is 0 Å². The molecule has 5 nitrogen and oxygen atoms in total. The summed E-state index contributed by atoms with van der Waals surface area (Å²) in [6, 6.07) is 8.32. The molecule has 0 saturated heterocycles. The van der Waals surface area contributed by atoms with Crippen molar-refractivity contribution >= 4 is 5.91 Å². The summed E-state index contributed by atoms with van der Waals surface area (Å²) in [5, 5.41) is 7.49. The van der Waals surface area contributed by atoms with E-state index in [0.29, 0.717) is 0 Å². The summed E-state index contributed by atoms with van der Waals surface area (Å²) in [6.45, 7) is 7.74. The average Bonchev–Trinajstić information content (AvgIpc) is 2.92. The Hall–Kier alpha value is -2.14. The minimum absolute atomic E-state index is 0.0364. The first-order valence-electron chi connectivity index (χ1n) is 8.57. The molecule has 2 heterocycles. The van der Waals surface area contributed by atoms with Crippen molar-refractivity contribution in [2.45, 2.75) is 45.8 Å². The van der Waals surface area contributed by atoms with E-state index in [-0.39, 0.29) is 18.0 Å². The van der Waals surface area contributed by atoms with Gasteiger partial charge in [-0.15, -0.1) is 0 Å². The SMILES string of the molecule is Cc1nn(C)cc1[C@@H](C)NC(=O)[C@@H](C)N1CCc2ccccc2C1. The molecule has 0 fully saturated rings. The van der Waals surface area contributed by atoms with E-state index >= 15 is 0 Å². The molecule has 1 aromatic heterocycles. The van der Waals surface area contributed by atoms with Gasteiger partial charge in [-0.05, 0) is 38.3 Å². The predicted octanol–water partition coefficient (Wildman–Crippen LogP) is 2.35. The Morgan fingerprint density at radius 3 is 2.62 bits per heavy atom. The van der Waals surface area contributed by atoms with Crippen LogP contribution in [0.1, 0.15) is 42.3 Å². The zero-order valence-electron chi connectivity index (χ0n) is 14.9. The van der Waals surface area contributed by atoms with Crippen LogP contribution in [0.3, 0.4) is 0 Å². The zero-order chi connectivity index (χ0) is 17.3. The number of aromatic nitrogens is 2. The number of nitrogens with one attached hydrogen (secondary N) is 1. The number of carbonyl (C=O) groups excluding carboxylic acids is 1. The molecule has 3 rings (SSSR count). The Balaban J connectivity index is 1.64. The summed E-state index contributed by atoms with van der Waals surface area (Å²) in [5.74, 6) is 0.0742. The standard InChI is InChI=1S/C19H26N4O/c1-13(18-12-22(4)21-14(18)2)20-19(24)15(3)23-10-9-16-7-5-6-8-17(16)11-23/h5-8,12-13,15H,9-11H2,1-4H3,(H,20,24)/t13-,15-/m1/s1. The molecule has 1 aliphatic rings. The van der Waals surface area contributed by atoms with Crippen LogP contribution >= 0.6 is 0 Å². The number of rotatable bonds is 4. The Morgan fingerprint density at radius 1 is 1.25 bits per heavy atom. The molecule has 2 aromatic rings. The number of fused-ring (bicyclic) bond motifs is 1. The van der Waals surface area contributed by atoms with E-state index < -0.39 is 0 Å². The van der Waals surface area contributed by atoms with Crippen molar-refractivity contribution in [2.24, 2.45) is 7.05 Å². The van der Waals surface area contributed by atoms with Crippen molar-refractivity contribution in [1.29, 1.82) is 0 Å². The Kier molecular flexibility index (Phi) is 4.71. The van der Waals surface area contributed by atoms with Crippen LogP contribution < -0.4 is 5.32 Å². The molecule has 0 unspecified atom stereocenters. The van der Waals surface area contributed by atoms with Gasteiger partial charge < -0.3 is 5.32 Å². The smallest absolute Gasteiger partial charge is 0.237 e. The minimum atomic E-state index is -0.141. The quantitative estimate of drug-likeness (QED) is 0.938. The first kappa shape index (κ1) is 16.7. The topological polar surface area (TPSA) is 50.2 Å². The third kappa shape index (κ3) is 3.36. The number of amides is 1. The van der Waals surface area contributed by atoms with Gasteiger partial charge in [0.15, 0.2) is 0 Å². The molecule has 1 amide bonds. The van der Waals surface area contributed by atoms with Gasteiger partial charge in [0.05, 0.1) is 17.8 Å². The molecule has 0 bridgehead atoms. The minimum Gasteiger partial charge on any atom is -0.348 e.